The molecule has 9 heteroatoms. The topological polar surface area (TPSA) is 66.0 Å². The van der Waals surface area contributed by atoms with E-state index in [1.54, 1.807) is 24.4 Å². The average Bonchev–Trinajstić information content (AvgIpc) is 3.57. The van der Waals surface area contributed by atoms with Crippen LogP contribution in [-0.2, 0) is 11.3 Å². The lowest BCUT2D eigenvalue weighted by molar-refractivity contribution is -0.125. The Morgan fingerprint density at radius 1 is 1.03 bits per heavy atom. The van der Waals surface area contributed by atoms with Gasteiger partial charge in [0, 0.05) is 36.9 Å². The SMILES string of the molecule is O=C1CN(c2ccc(Cl)cc2Cl)C(=O)N1Cc1ccc(OC2CCN(CC3CC3)CC2)nc1. The number of aromatic nitrogens is 1. The molecule has 0 unspecified atom stereocenters. The standard InChI is InChI=1S/C24H26Cl2N4O3/c25-18-4-5-21(20(26)11-18)29-15-23(31)30(24(29)32)14-17-3-6-22(27-12-17)33-19-7-9-28(10-8-19)13-16-1-2-16/h3-6,11-12,16,19H,1-2,7-10,13-15H2. The molecular weight excluding hydrogens is 463 g/mol. The number of nitrogens with zero attached hydrogens (tertiary/aromatic N) is 4. The fourth-order valence-corrected chi connectivity index (χ4v) is 4.90. The Bertz CT molecular complexity index is 1040. The first kappa shape index (κ1) is 22.4. The Morgan fingerprint density at radius 3 is 2.48 bits per heavy atom. The van der Waals surface area contributed by atoms with E-state index in [0.717, 1.165) is 37.4 Å². The van der Waals surface area contributed by atoms with Gasteiger partial charge in [0.15, 0.2) is 0 Å². The van der Waals surface area contributed by atoms with E-state index in [9.17, 15) is 9.59 Å². The van der Waals surface area contributed by atoms with E-state index in [0.29, 0.717) is 21.6 Å². The zero-order chi connectivity index (χ0) is 22.9. The van der Waals surface area contributed by atoms with E-state index in [4.69, 9.17) is 27.9 Å². The molecule has 0 radical (unpaired) electrons. The molecule has 1 aromatic carbocycles. The van der Waals surface area contributed by atoms with Gasteiger partial charge in [0.2, 0.25) is 5.88 Å². The number of benzene rings is 1. The molecular formula is C24H26Cl2N4O3. The first-order valence-corrected chi connectivity index (χ1v) is 12.1. The van der Waals surface area contributed by atoms with Gasteiger partial charge in [-0.05, 0) is 55.4 Å². The Morgan fingerprint density at radius 2 is 1.82 bits per heavy atom. The van der Waals surface area contributed by atoms with Crippen LogP contribution in [0, 0.1) is 5.92 Å². The zero-order valence-electron chi connectivity index (χ0n) is 18.3. The van der Waals surface area contributed by atoms with Crippen LogP contribution in [-0.4, -0.2) is 59.0 Å². The second-order valence-corrected chi connectivity index (χ2v) is 9.85. The third-order valence-electron chi connectivity index (χ3n) is 6.43. The van der Waals surface area contributed by atoms with Crippen molar-refractivity contribution in [3.63, 3.8) is 0 Å². The van der Waals surface area contributed by atoms with Gasteiger partial charge in [0.1, 0.15) is 12.6 Å². The molecule has 0 atom stereocenters. The molecule has 7 nitrogen and oxygen atoms in total. The second-order valence-electron chi connectivity index (χ2n) is 9.01. The van der Waals surface area contributed by atoms with Gasteiger partial charge in [-0.25, -0.2) is 9.78 Å². The number of carbonyl (C=O) groups is 2. The number of hydrogen-bond donors (Lipinski definition) is 0. The number of carbonyl (C=O) groups excluding carboxylic acids is 2. The lowest BCUT2D eigenvalue weighted by Crippen LogP contribution is -2.39. The van der Waals surface area contributed by atoms with Crippen molar-refractivity contribution in [3.05, 3.63) is 52.1 Å². The fraction of sp³-hybridized carbons (Fsp3) is 0.458. The molecule has 0 bridgehead atoms. The summed E-state index contributed by atoms with van der Waals surface area (Å²) in [5.74, 6) is 1.21. The second kappa shape index (κ2) is 9.49. The highest BCUT2D eigenvalue weighted by molar-refractivity contribution is 6.37. The van der Waals surface area contributed by atoms with Crippen molar-refractivity contribution < 1.29 is 14.3 Å². The molecule has 2 aromatic rings. The van der Waals surface area contributed by atoms with Crippen LogP contribution in [0.2, 0.25) is 10.0 Å². The van der Waals surface area contributed by atoms with Crippen LogP contribution in [0.5, 0.6) is 5.88 Å². The molecule has 2 aliphatic heterocycles. The number of likely N-dealkylation sites (tertiary alicyclic amines) is 1. The average molecular weight is 489 g/mol. The minimum Gasteiger partial charge on any atom is -0.474 e. The van der Waals surface area contributed by atoms with Crippen LogP contribution in [0.3, 0.4) is 0 Å². The van der Waals surface area contributed by atoms with E-state index in [-0.39, 0.29) is 25.1 Å². The predicted octanol–water partition coefficient (Wildman–Crippen LogP) is 4.61. The zero-order valence-corrected chi connectivity index (χ0v) is 19.8. The number of ether oxygens (including phenoxy) is 1. The van der Waals surface area contributed by atoms with E-state index in [2.05, 4.69) is 9.88 Å². The maximum Gasteiger partial charge on any atom is 0.332 e. The van der Waals surface area contributed by atoms with Crippen molar-refractivity contribution in [3.8, 4) is 5.88 Å². The van der Waals surface area contributed by atoms with E-state index >= 15 is 0 Å². The summed E-state index contributed by atoms with van der Waals surface area (Å²) in [7, 11) is 0. The predicted molar refractivity (Wildman–Crippen MR) is 127 cm³/mol. The quantitative estimate of drug-likeness (QED) is 0.532. The number of urea groups is 1. The molecule has 1 aliphatic carbocycles. The number of piperidine rings is 1. The van der Waals surface area contributed by atoms with Crippen molar-refractivity contribution in [2.45, 2.75) is 38.3 Å². The summed E-state index contributed by atoms with van der Waals surface area (Å²) in [5, 5.41) is 0.794. The first-order valence-electron chi connectivity index (χ1n) is 11.4. The van der Waals surface area contributed by atoms with Crippen LogP contribution in [0.1, 0.15) is 31.2 Å². The highest BCUT2D eigenvalue weighted by Crippen LogP contribution is 2.32. The fourth-order valence-electron chi connectivity index (χ4n) is 4.39. The van der Waals surface area contributed by atoms with Crippen molar-refractivity contribution in [1.29, 1.82) is 0 Å². The summed E-state index contributed by atoms with van der Waals surface area (Å²) in [6.45, 7) is 3.47. The summed E-state index contributed by atoms with van der Waals surface area (Å²) in [5.41, 5.74) is 1.22. The van der Waals surface area contributed by atoms with E-state index < -0.39 is 6.03 Å². The van der Waals surface area contributed by atoms with Crippen LogP contribution in [0.15, 0.2) is 36.5 Å². The van der Waals surface area contributed by atoms with Gasteiger partial charge in [-0.3, -0.25) is 14.6 Å². The smallest absolute Gasteiger partial charge is 0.332 e. The molecule has 0 spiro atoms. The van der Waals surface area contributed by atoms with Crippen LogP contribution < -0.4 is 9.64 Å². The third-order valence-corrected chi connectivity index (χ3v) is 6.97. The van der Waals surface area contributed by atoms with Crippen LogP contribution in [0.25, 0.3) is 0 Å². The Labute approximate surface area is 203 Å². The Kier molecular flexibility index (Phi) is 6.45. The van der Waals surface area contributed by atoms with Gasteiger partial charge in [0.25, 0.3) is 5.91 Å². The van der Waals surface area contributed by atoms with E-state index in [1.165, 1.54) is 29.2 Å². The number of rotatable bonds is 7. The highest BCUT2D eigenvalue weighted by atomic mass is 35.5. The lowest BCUT2D eigenvalue weighted by Gasteiger charge is -2.31. The van der Waals surface area contributed by atoms with Crippen molar-refractivity contribution in [2.75, 3.05) is 31.1 Å². The lowest BCUT2D eigenvalue weighted by atomic mass is 10.1. The number of amides is 3. The molecule has 1 saturated carbocycles. The van der Waals surface area contributed by atoms with Crippen molar-refractivity contribution >= 4 is 40.8 Å². The van der Waals surface area contributed by atoms with Gasteiger partial charge in [-0.2, -0.15) is 0 Å². The molecule has 0 N–H and O–H groups in total. The number of halogens is 2. The van der Waals surface area contributed by atoms with Gasteiger partial charge in [-0.15, -0.1) is 0 Å². The van der Waals surface area contributed by atoms with E-state index in [1.807, 2.05) is 12.1 Å². The molecule has 3 aliphatic rings. The molecule has 2 saturated heterocycles. The summed E-state index contributed by atoms with van der Waals surface area (Å²) >= 11 is 12.2. The highest BCUT2D eigenvalue weighted by Gasteiger charge is 2.37. The minimum absolute atomic E-state index is 0.0613. The monoisotopic (exact) mass is 488 g/mol. The van der Waals surface area contributed by atoms with Gasteiger partial charge >= 0.3 is 6.03 Å². The minimum atomic E-state index is -0.414. The Balaban J connectivity index is 1.16. The largest absolute Gasteiger partial charge is 0.474 e. The van der Waals surface area contributed by atoms with Crippen LogP contribution >= 0.6 is 23.2 Å². The molecule has 33 heavy (non-hydrogen) atoms. The van der Waals surface area contributed by atoms with Crippen molar-refractivity contribution in [1.82, 2.24) is 14.8 Å². The number of anilines is 1. The first-order chi connectivity index (χ1) is 16.0. The summed E-state index contributed by atoms with van der Waals surface area (Å²) in [6.07, 6.45) is 6.63. The maximum absolute atomic E-state index is 12.9. The van der Waals surface area contributed by atoms with Gasteiger partial charge < -0.3 is 9.64 Å². The summed E-state index contributed by atoms with van der Waals surface area (Å²) in [4.78, 5) is 34.9. The number of hydrogen-bond acceptors (Lipinski definition) is 5. The molecule has 3 fully saturated rings. The normalized spacial score (nSPS) is 20.1. The van der Waals surface area contributed by atoms with Gasteiger partial charge in [-0.1, -0.05) is 29.3 Å². The molecule has 1 aromatic heterocycles. The molecule has 174 valence electrons. The number of pyridine rings is 1. The van der Waals surface area contributed by atoms with Crippen molar-refractivity contribution in [2.24, 2.45) is 5.92 Å². The molecule has 3 amide bonds. The number of imide groups is 1. The summed E-state index contributed by atoms with van der Waals surface area (Å²) < 4.78 is 6.07. The van der Waals surface area contributed by atoms with Gasteiger partial charge in [0.05, 0.1) is 17.3 Å². The maximum atomic E-state index is 12.9. The molecule has 3 heterocycles. The Hall–Kier alpha value is -2.35. The summed E-state index contributed by atoms with van der Waals surface area (Å²) in [6, 6.07) is 8.08. The van der Waals surface area contributed by atoms with Crippen LogP contribution in [0.4, 0.5) is 10.5 Å². The third kappa shape index (κ3) is 5.26. The molecule has 5 rings (SSSR count).